The largest absolute Gasteiger partial charge is 0.367 e. The van der Waals surface area contributed by atoms with E-state index in [2.05, 4.69) is 21.3 Å². The second kappa shape index (κ2) is 7.79. The van der Waals surface area contributed by atoms with Crippen molar-refractivity contribution in [3.05, 3.63) is 59.4 Å². The van der Waals surface area contributed by atoms with Crippen LogP contribution >= 0.6 is 0 Å². The van der Waals surface area contributed by atoms with Gasteiger partial charge in [0.15, 0.2) is 0 Å². The molecule has 1 aromatic heterocycles. The van der Waals surface area contributed by atoms with Crippen LogP contribution in [0.5, 0.6) is 0 Å². The number of rotatable bonds is 5. The van der Waals surface area contributed by atoms with Gasteiger partial charge in [0.1, 0.15) is 0 Å². The number of nitrogens with one attached hydrogen (secondary N) is 1. The summed E-state index contributed by atoms with van der Waals surface area (Å²) in [4.78, 5) is 31.3. The molecule has 0 radical (unpaired) electrons. The van der Waals surface area contributed by atoms with Gasteiger partial charge in [-0.1, -0.05) is 29.8 Å². The summed E-state index contributed by atoms with van der Waals surface area (Å²) in [5, 5.41) is 2.94. The van der Waals surface area contributed by atoms with Crippen LogP contribution in [-0.4, -0.2) is 48.4 Å². The smallest absolute Gasteiger partial charge is 0.253 e. The molecule has 130 valence electrons. The van der Waals surface area contributed by atoms with Crippen molar-refractivity contribution in [3.63, 3.8) is 0 Å². The van der Waals surface area contributed by atoms with Gasteiger partial charge in [0, 0.05) is 38.9 Å². The molecule has 1 aromatic carbocycles. The Hall–Kier alpha value is -2.89. The normalized spacial score (nSPS) is 14.3. The van der Waals surface area contributed by atoms with Gasteiger partial charge in [-0.25, -0.2) is 0 Å². The molecule has 2 aromatic rings. The standard InChI is InChI=1S/C19H22N4O2/c1-15-3-2-4-16(9-15)11-21-19(25)17-10-18(13-20-12-17)23-7-5-22(14-24)6-8-23/h2-4,9-10,12-14H,5-8,11H2,1H3,(H,21,25). The zero-order valence-corrected chi connectivity index (χ0v) is 14.3. The van der Waals surface area contributed by atoms with E-state index < -0.39 is 0 Å². The van der Waals surface area contributed by atoms with Crippen LogP contribution in [-0.2, 0) is 11.3 Å². The van der Waals surface area contributed by atoms with E-state index in [-0.39, 0.29) is 5.91 Å². The van der Waals surface area contributed by atoms with Gasteiger partial charge in [-0.2, -0.15) is 0 Å². The molecule has 25 heavy (non-hydrogen) atoms. The van der Waals surface area contributed by atoms with Crippen molar-refractivity contribution in [2.24, 2.45) is 0 Å². The van der Waals surface area contributed by atoms with Gasteiger partial charge in [-0.3, -0.25) is 14.6 Å². The molecular weight excluding hydrogens is 316 g/mol. The molecule has 0 spiro atoms. The maximum Gasteiger partial charge on any atom is 0.253 e. The highest BCUT2D eigenvalue weighted by atomic mass is 16.1. The summed E-state index contributed by atoms with van der Waals surface area (Å²) in [5.74, 6) is -0.137. The molecule has 1 saturated heterocycles. The van der Waals surface area contributed by atoms with Gasteiger partial charge < -0.3 is 15.1 Å². The Balaban J connectivity index is 1.62. The minimum Gasteiger partial charge on any atom is -0.367 e. The van der Waals surface area contributed by atoms with Crippen molar-refractivity contribution < 1.29 is 9.59 Å². The number of carbonyl (C=O) groups is 2. The van der Waals surface area contributed by atoms with Crippen LogP contribution in [0, 0.1) is 6.92 Å². The first-order chi connectivity index (χ1) is 12.2. The average Bonchev–Trinajstić information content (AvgIpc) is 2.66. The molecule has 6 nitrogen and oxygen atoms in total. The molecule has 1 aliphatic heterocycles. The van der Waals surface area contributed by atoms with Gasteiger partial charge in [0.25, 0.3) is 5.91 Å². The summed E-state index contributed by atoms with van der Waals surface area (Å²) in [7, 11) is 0. The molecule has 6 heteroatoms. The van der Waals surface area contributed by atoms with Crippen LogP contribution in [0.2, 0.25) is 0 Å². The third-order valence-corrected chi connectivity index (χ3v) is 4.35. The number of hydrogen-bond acceptors (Lipinski definition) is 4. The quantitative estimate of drug-likeness (QED) is 0.841. The zero-order chi connectivity index (χ0) is 17.6. The van der Waals surface area contributed by atoms with E-state index in [1.807, 2.05) is 31.2 Å². The molecule has 0 unspecified atom stereocenters. The van der Waals surface area contributed by atoms with Crippen molar-refractivity contribution in [2.45, 2.75) is 13.5 Å². The first-order valence-electron chi connectivity index (χ1n) is 8.39. The van der Waals surface area contributed by atoms with Crippen LogP contribution in [0.1, 0.15) is 21.5 Å². The maximum absolute atomic E-state index is 12.4. The van der Waals surface area contributed by atoms with Crippen LogP contribution in [0.3, 0.4) is 0 Å². The molecule has 2 heterocycles. The lowest BCUT2D eigenvalue weighted by molar-refractivity contribution is -0.118. The fourth-order valence-electron chi connectivity index (χ4n) is 2.92. The van der Waals surface area contributed by atoms with Crippen LogP contribution in [0.4, 0.5) is 5.69 Å². The third-order valence-electron chi connectivity index (χ3n) is 4.35. The Kier molecular flexibility index (Phi) is 5.28. The number of benzene rings is 1. The number of nitrogens with zero attached hydrogens (tertiary/aromatic N) is 3. The van der Waals surface area contributed by atoms with E-state index >= 15 is 0 Å². The predicted octanol–water partition coefficient (Wildman–Crippen LogP) is 1.60. The Morgan fingerprint density at radius 2 is 2.00 bits per heavy atom. The Labute approximate surface area is 147 Å². The molecule has 1 N–H and O–H groups in total. The molecule has 2 amide bonds. The second-order valence-electron chi connectivity index (χ2n) is 6.23. The van der Waals surface area contributed by atoms with E-state index in [0.29, 0.717) is 25.2 Å². The van der Waals surface area contributed by atoms with Gasteiger partial charge in [-0.05, 0) is 18.6 Å². The predicted molar refractivity (Wildman–Crippen MR) is 96.4 cm³/mol. The number of aryl methyl sites for hydroxylation is 1. The summed E-state index contributed by atoms with van der Waals surface area (Å²) in [5.41, 5.74) is 3.70. The fraction of sp³-hybridized carbons (Fsp3) is 0.316. The molecule has 3 rings (SSSR count). The lowest BCUT2D eigenvalue weighted by Crippen LogP contribution is -2.45. The summed E-state index contributed by atoms with van der Waals surface area (Å²) in [6, 6.07) is 9.92. The van der Waals surface area contributed by atoms with E-state index in [1.165, 1.54) is 5.56 Å². The Bertz CT molecular complexity index is 755. The number of piperazine rings is 1. The highest BCUT2D eigenvalue weighted by Gasteiger charge is 2.17. The van der Waals surface area contributed by atoms with Gasteiger partial charge in [-0.15, -0.1) is 0 Å². The minimum atomic E-state index is -0.137. The zero-order valence-electron chi connectivity index (χ0n) is 14.3. The highest BCUT2D eigenvalue weighted by Crippen LogP contribution is 2.16. The monoisotopic (exact) mass is 338 g/mol. The molecule has 0 aliphatic carbocycles. The Morgan fingerprint density at radius 3 is 2.72 bits per heavy atom. The number of anilines is 1. The van der Waals surface area contributed by atoms with Crippen molar-refractivity contribution in [3.8, 4) is 0 Å². The van der Waals surface area contributed by atoms with Crippen LogP contribution < -0.4 is 10.2 Å². The van der Waals surface area contributed by atoms with E-state index in [0.717, 1.165) is 30.8 Å². The number of hydrogen-bond donors (Lipinski definition) is 1. The molecule has 0 bridgehead atoms. The molecule has 1 aliphatic rings. The highest BCUT2D eigenvalue weighted by molar-refractivity contribution is 5.94. The lowest BCUT2D eigenvalue weighted by atomic mass is 10.1. The minimum absolute atomic E-state index is 0.137. The first-order valence-corrected chi connectivity index (χ1v) is 8.39. The summed E-state index contributed by atoms with van der Waals surface area (Å²) in [6.45, 7) is 5.38. The number of amides is 2. The topological polar surface area (TPSA) is 65.5 Å². The van der Waals surface area contributed by atoms with Crippen molar-refractivity contribution in [1.29, 1.82) is 0 Å². The summed E-state index contributed by atoms with van der Waals surface area (Å²) < 4.78 is 0. The average molecular weight is 338 g/mol. The van der Waals surface area contributed by atoms with Gasteiger partial charge in [0.05, 0.1) is 17.4 Å². The van der Waals surface area contributed by atoms with Gasteiger partial charge >= 0.3 is 0 Å². The SMILES string of the molecule is Cc1cccc(CNC(=O)c2cncc(N3CCN(C=O)CC3)c2)c1. The van der Waals surface area contributed by atoms with E-state index in [4.69, 9.17) is 0 Å². The summed E-state index contributed by atoms with van der Waals surface area (Å²) in [6.07, 6.45) is 4.22. The van der Waals surface area contributed by atoms with Crippen LogP contribution in [0.15, 0.2) is 42.7 Å². The molecule has 0 atom stereocenters. The fourth-order valence-corrected chi connectivity index (χ4v) is 2.92. The number of aromatic nitrogens is 1. The number of pyridine rings is 1. The van der Waals surface area contributed by atoms with E-state index in [1.54, 1.807) is 17.3 Å². The summed E-state index contributed by atoms with van der Waals surface area (Å²) >= 11 is 0. The lowest BCUT2D eigenvalue weighted by Gasteiger charge is -2.34. The van der Waals surface area contributed by atoms with Crippen molar-refractivity contribution >= 4 is 18.0 Å². The first kappa shape index (κ1) is 17.0. The van der Waals surface area contributed by atoms with Crippen molar-refractivity contribution in [2.75, 3.05) is 31.1 Å². The Morgan fingerprint density at radius 1 is 1.20 bits per heavy atom. The van der Waals surface area contributed by atoms with Crippen molar-refractivity contribution in [1.82, 2.24) is 15.2 Å². The second-order valence-corrected chi connectivity index (χ2v) is 6.23. The third kappa shape index (κ3) is 4.35. The van der Waals surface area contributed by atoms with Gasteiger partial charge in [0.2, 0.25) is 6.41 Å². The number of carbonyl (C=O) groups excluding carboxylic acids is 2. The molecule has 0 saturated carbocycles. The van der Waals surface area contributed by atoms with Crippen LogP contribution in [0.25, 0.3) is 0 Å². The molecule has 1 fully saturated rings. The molecular formula is C19H22N4O2. The maximum atomic E-state index is 12.4. The van der Waals surface area contributed by atoms with E-state index in [9.17, 15) is 9.59 Å².